The Morgan fingerprint density at radius 1 is 1.12 bits per heavy atom. The number of nitrogens with zero attached hydrogens (tertiary/aromatic N) is 1. The molecule has 1 heterocycles. The normalized spacial score (nSPS) is 11.5. The van der Waals surface area contributed by atoms with Crippen molar-refractivity contribution < 1.29 is 13.2 Å². The second-order valence-corrected chi connectivity index (χ2v) is 7.88. The minimum Gasteiger partial charge on any atom is -0.352 e. The monoisotopic (exact) mass is 361 g/mol. The molecule has 0 fully saturated rings. The van der Waals surface area contributed by atoms with E-state index in [-0.39, 0.29) is 17.3 Å². The van der Waals surface area contributed by atoms with Crippen LogP contribution in [0.15, 0.2) is 53.6 Å². The van der Waals surface area contributed by atoms with E-state index in [4.69, 9.17) is 0 Å². The molecule has 0 unspecified atom stereocenters. The number of nitrogens with one attached hydrogen (secondary N) is 2. The van der Waals surface area contributed by atoms with Crippen LogP contribution in [0.4, 0.5) is 0 Å². The second-order valence-electron chi connectivity index (χ2n) is 6.11. The molecule has 2 aromatic rings. The number of sulfonamides is 1. The Morgan fingerprint density at radius 3 is 2.44 bits per heavy atom. The van der Waals surface area contributed by atoms with E-state index in [0.29, 0.717) is 23.7 Å². The molecule has 0 aliphatic heterocycles. The zero-order valence-electron chi connectivity index (χ0n) is 14.4. The molecule has 0 spiro atoms. The molecule has 0 aliphatic carbocycles. The highest BCUT2D eigenvalue weighted by atomic mass is 32.2. The Hall–Kier alpha value is -2.25. The summed E-state index contributed by atoms with van der Waals surface area (Å²) in [5, 5.41) is 2.82. The molecule has 0 radical (unpaired) electrons. The van der Waals surface area contributed by atoms with Gasteiger partial charge in [0.25, 0.3) is 5.91 Å². The Balaban J connectivity index is 1.97. The van der Waals surface area contributed by atoms with E-state index >= 15 is 0 Å². The fourth-order valence-electron chi connectivity index (χ4n) is 2.12. The molecule has 7 heteroatoms. The highest BCUT2D eigenvalue weighted by Crippen LogP contribution is 2.11. The number of carbonyl (C=O) groups is 1. The van der Waals surface area contributed by atoms with Crippen LogP contribution < -0.4 is 10.0 Å². The van der Waals surface area contributed by atoms with E-state index in [1.165, 1.54) is 24.3 Å². The fraction of sp³-hybridized carbons (Fsp3) is 0.333. The van der Waals surface area contributed by atoms with Gasteiger partial charge in [-0.2, -0.15) is 0 Å². The minimum atomic E-state index is -3.65. The van der Waals surface area contributed by atoms with Gasteiger partial charge in [0.15, 0.2) is 0 Å². The Kier molecular flexibility index (Phi) is 6.66. The molecule has 2 N–H and O–H groups in total. The van der Waals surface area contributed by atoms with Crippen molar-refractivity contribution in [2.24, 2.45) is 5.92 Å². The van der Waals surface area contributed by atoms with Gasteiger partial charge in [0.05, 0.1) is 17.1 Å². The number of aromatic nitrogens is 1. The first kappa shape index (κ1) is 19.1. The highest BCUT2D eigenvalue weighted by molar-refractivity contribution is 7.89. The summed E-state index contributed by atoms with van der Waals surface area (Å²) in [4.78, 5) is 16.2. The van der Waals surface area contributed by atoms with Gasteiger partial charge in [-0.1, -0.05) is 19.9 Å². The van der Waals surface area contributed by atoms with Crippen LogP contribution in [-0.4, -0.2) is 25.9 Å². The zero-order chi connectivity index (χ0) is 18.3. The predicted octanol–water partition coefficient (Wildman–Crippen LogP) is 2.34. The smallest absolute Gasteiger partial charge is 0.251 e. The van der Waals surface area contributed by atoms with Gasteiger partial charge in [0.1, 0.15) is 0 Å². The largest absolute Gasteiger partial charge is 0.352 e. The standard InChI is InChI=1S/C18H23N3O3S/c1-14(2)10-12-20-18(22)15-6-8-17(9-7-15)25(23,24)21-13-16-5-3-4-11-19-16/h3-9,11,14,21H,10,12-13H2,1-2H3,(H,20,22). The summed E-state index contributed by atoms with van der Waals surface area (Å²) in [6, 6.07) is 11.2. The third-order valence-corrected chi connectivity index (χ3v) is 5.02. The summed E-state index contributed by atoms with van der Waals surface area (Å²) in [5.74, 6) is 0.309. The maximum Gasteiger partial charge on any atom is 0.251 e. The lowest BCUT2D eigenvalue weighted by Crippen LogP contribution is -2.26. The topological polar surface area (TPSA) is 88.2 Å². The summed E-state index contributed by atoms with van der Waals surface area (Å²) in [5.41, 5.74) is 1.07. The molecule has 1 aromatic carbocycles. The lowest BCUT2D eigenvalue weighted by Gasteiger charge is -2.09. The van der Waals surface area contributed by atoms with E-state index in [1.807, 2.05) is 0 Å². The number of pyridine rings is 1. The molecule has 1 amide bonds. The zero-order valence-corrected chi connectivity index (χ0v) is 15.2. The lowest BCUT2D eigenvalue weighted by atomic mass is 10.1. The number of hydrogen-bond donors (Lipinski definition) is 2. The number of rotatable bonds is 8. The van der Waals surface area contributed by atoms with Gasteiger partial charge < -0.3 is 5.32 Å². The van der Waals surface area contributed by atoms with Gasteiger partial charge in [-0.15, -0.1) is 0 Å². The summed E-state index contributed by atoms with van der Waals surface area (Å²) >= 11 is 0. The minimum absolute atomic E-state index is 0.112. The van der Waals surface area contributed by atoms with Gasteiger partial charge in [-0.3, -0.25) is 9.78 Å². The SMILES string of the molecule is CC(C)CCNC(=O)c1ccc(S(=O)(=O)NCc2ccccn2)cc1. The molecule has 6 nitrogen and oxygen atoms in total. The van der Waals surface area contributed by atoms with Crippen molar-refractivity contribution in [1.82, 2.24) is 15.0 Å². The number of amides is 1. The average molecular weight is 361 g/mol. The van der Waals surface area contributed by atoms with Crippen molar-refractivity contribution >= 4 is 15.9 Å². The average Bonchev–Trinajstić information content (AvgIpc) is 2.61. The first-order valence-corrected chi connectivity index (χ1v) is 9.64. The molecule has 0 saturated carbocycles. The van der Waals surface area contributed by atoms with E-state index in [1.54, 1.807) is 24.4 Å². The molecule has 1 aromatic heterocycles. The van der Waals surface area contributed by atoms with Crippen LogP contribution in [0.1, 0.15) is 36.3 Å². The Morgan fingerprint density at radius 2 is 1.84 bits per heavy atom. The van der Waals surface area contributed by atoms with Crippen LogP contribution in [0.3, 0.4) is 0 Å². The van der Waals surface area contributed by atoms with E-state index in [0.717, 1.165) is 6.42 Å². The summed E-state index contributed by atoms with van der Waals surface area (Å²) in [6.45, 7) is 4.89. The molecule has 0 bridgehead atoms. The van der Waals surface area contributed by atoms with Crippen LogP contribution in [0.5, 0.6) is 0 Å². The Labute approximate surface area is 148 Å². The van der Waals surface area contributed by atoms with Crippen molar-refractivity contribution in [3.63, 3.8) is 0 Å². The highest BCUT2D eigenvalue weighted by Gasteiger charge is 2.15. The molecular weight excluding hydrogens is 338 g/mol. The third kappa shape index (κ3) is 5.95. The molecular formula is C18H23N3O3S. The molecule has 2 rings (SSSR count). The Bertz CT molecular complexity index is 788. The van der Waals surface area contributed by atoms with Gasteiger partial charge in [-0.05, 0) is 48.7 Å². The van der Waals surface area contributed by atoms with Crippen LogP contribution in [0, 0.1) is 5.92 Å². The number of hydrogen-bond acceptors (Lipinski definition) is 4. The molecule has 134 valence electrons. The van der Waals surface area contributed by atoms with Gasteiger partial charge in [0, 0.05) is 18.3 Å². The summed E-state index contributed by atoms with van der Waals surface area (Å²) < 4.78 is 27.1. The third-order valence-electron chi connectivity index (χ3n) is 3.60. The summed E-state index contributed by atoms with van der Waals surface area (Å²) in [7, 11) is -3.65. The number of benzene rings is 1. The van der Waals surface area contributed by atoms with Crippen LogP contribution in [0.2, 0.25) is 0 Å². The van der Waals surface area contributed by atoms with Gasteiger partial charge in [0.2, 0.25) is 10.0 Å². The maximum absolute atomic E-state index is 12.3. The van der Waals surface area contributed by atoms with Gasteiger partial charge in [-0.25, -0.2) is 13.1 Å². The first-order chi connectivity index (χ1) is 11.9. The first-order valence-electron chi connectivity index (χ1n) is 8.16. The van der Waals surface area contributed by atoms with Crippen LogP contribution >= 0.6 is 0 Å². The van der Waals surface area contributed by atoms with E-state index in [2.05, 4.69) is 28.9 Å². The van der Waals surface area contributed by atoms with E-state index in [9.17, 15) is 13.2 Å². The van der Waals surface area contributed by atoms with Crippen molar-refractivity contribution in [3.8, 4) is 0 Å². The molecule has 0 aliphatic rings. The number of carbonyl (C=O) groups excluding carboxylic acids is 1. The van der Waals surface area contributed by atoms with Crippen LogP contribution in [0.25, 0.3) is 0 Å². The fourth-order valence-corrected chi connectivity index (χ4v) is 3.12. The van der Waals surface area contributed by atoms with Crippen molar-refractivity contribution in [2.45, 2.75) is 31.7 Å². The van der Waals surface area contributed by atoms with Gasteiger partial charge >= 0.3 is 0 Å². The maximum atomic E-state index is 12.3. The molecule has 0 saturated heterocycles. The van der Waals surface area contributed by atoms with Crippen molar-refractivity contribution in [2.75, 3.05) is 6.54 Å². The quantitative estimate of drug-likeness (QED) is 0.755. The lowest BCUT2D eigenvalue weighted by molar-refractivity contribution is 0.0952. The summed E-state index contributed by atoms with van der Waals surface area (Å²) in [6.07, 6.45) is 2.51. The van der Waals surface area contributed by atoms with Crippen molar-refractivity contribution in [3.05, 3.63) is 59.9 Å². The second kappa shape index (κ2) is 8.73. The molecule has 0 atom stereocenters. The van der Waals surface area contributed by atoms with Crippen LogP contribution in [-0.2, 0) is 16.6 Å². The predicted molar refractivity (Wildman–Crippen MR) is 96.5 cm³/mol. The van der Waals surface area contributed by atoms with E-state index < -0.39 is 10.0 Å². The molecule has 25 heavy (non-hydrogen) atoms. The van der Waals surface area contributed by atoms with Crippen molar-refractivity contribution in [1.29, 1.82) is 0 Å².